The number of aryl methyl sites for hydroxylation is 1. The van der Waals surface area contributed by atoms with Crippen molar-refractivity contribution in [2.75, 3.05) is 24.9 Å². The van der Waals surface area contributed by atoms with Gasteiger partial charge in [0.15, 0.2) is 5.82 Å². The Morgan fingerprint density at radius 1 is 1.18 bits per heavy atom. The van der Waals surface area contributed by atoms with E-state index in [1.54, 1.807) is 44.4 Å². The minimum Gasteiger partial charge on any atom is -0.381 e. The third kappa shape index (κ3) is 5.66. The third-order valence-electron chi connectivity index (χ3n) is 5.12. The number of carbonyl (C=O) groups excluding carboxylic acids is 1. The molecule has 3 rings (SSSR count). The molecule has 9 heteroatoms. The summed E-state index contributed by atoms with van der Waals surface area (Å²) >= 11 is 0. The number of benzene rings is 1. The van der Waals surface area contributed by atoms with Crippen LogP contribution in [0.2, 0.25) is 0 Å². The molecule has 1 aromatic carbocycles. The first kappa shape index (κ1) is 24.6. The number of hydrogen-bond acceptors (Lipinski definition) is 6. The lowest BCUT2D eigenvalue weighted by Gasteiger charge is -2.27. The molecule has 1 aromatic heterocycles. The van der Waals surface area contributed by atoms with Gasteiger partial charge >= 0.3 is 6.09 Å². The van der Waals surface area contributed by atoms with Crippen molar-refractivity contribution in [3.63, 3.8) is 0 Å². The number of aromatic nitrogens is 2. The first-order valence-corrected chi connectivity index (χ1v) is 12.1. The number of hydrogen-bond donors (Lipinski definition) is 0. The van der Waals surface area contributed by atoms with Gasteiger partial charge in [-0.1, -0.05) is 37.6 Å². The highest BCUT2D eigenvalue weighted by molar-refractivity contribution is 7.92. The topological polar surface area (TPSA) is 89.5 Å². The van der Waals surface area contributed by atoms with Crippen LogP contribution in [0.3, 0.4) is 0 Å². The molecule has 1 radical (unpaired) electrons. The molecule has 2 aromatic rings. The summed E-state index contributed by atoms with van der Waals surface area (Å²) in [6.45, 7) is 5.98. The average molecular weight is 471 g/mol. The molecule has 0 spiro atoms. The van der Waals surface area contributed by atoms with Gasteiger partial charge in [-0.15, -0.1) is 0 Å². The third-order valence-corrected chi connectivity index (χ3v) is 6.90. The van der Waals surface area contributed by atoms with Crippen LogP contribution in [0.1, 0.15) is 25.8 Å². The van der Waals surface area contributed by atoms with Crippen LogP contribution in [0.25, 0.3) is 0 Å². The second kappa shape index (κ2) is 9.84. The second-order valence-corrected chi connectivity index (χ2v) is 10.6. The molecule has 0 unspecified atom stereocenters. The summed E-state index contributed by atoms with van der Waals surface area (Å²) in [7, 11) is -0.605. The molecular formula is C24H30N4O4S+. The number of quaternary nitrogens is 1. The fourth-order valence-corrected chi connectivity index (χ4v) is 4.72. The molecule has 0 atom stereocenters. The average Bonchev–Trinajstić information content (AvgIpc) is 2.78. The summed E-state index contributed by atoms with van der Waals surface area (Å²) in [6, 6.07) is 8.21. The number of rotatable bonds is 7. The van der Waals surface area contributed by atoms with E-state index < -0.39 is 16.1 Å². The normalized spacial score (nSPS) is 14.2. The fraction of sp³-hybridized carbons (Fsp3) is 0.333. The maximum absolute atomic E-state index is 13.5. The summed E-state index contributed by atoms with van der Waals surface area (Å²) in [5.41, 5.74) is 0.965. The Hall–Kier alpha value is -3.04. The highest BCUT2D eigenvalue weighted by Crippen LogP contribution is 2.28. The van der Waals surface area contributed by atoms with Crippen LogP contribution in [0, 0.1) is 19.3 Å². The smallest absolute Gasteiger partial charge is 0.381 e. The van der Waals surface area contributed by atoms with Crippen LogP contribution in [0.15, 0.2) is 65.5 Å². The molecule has 0 bridgehead atoms. The van der Waals surface area contributed by atoms with Crippen LogP contribution in [0.5, 0.6) is 0 Å². The lowest BCUT2D eigenvalue weighted by molar-refractivity contribution is 0.149. The first-order chi connectivity index (χ1) is 15.5. The van der Waals surface area contributed by atoms with Gasteiger partial charge in [-0.2, -0.15) is 14.3 Å². The molecule has 1 aliphatic carbocycles. The molecule has 0 saturated heterocycles. The van der Waals surface area contributed by atoms with Crippen LogP contribution in [-0.2, 0) is 14.8 Å². The van der Waals surface area contributed by atoms with E-state index in [4.69, 9.17) is 4.74 Å². The van der Waals surface area contributed by atoms with Crippen LogP contribution < -0.4 is 8.79 Å². The Balaban J connectivity index is 1.97. The predicted molar refractivity (Wildman–Crippen MR) is 129 cm³/mol. The van der Waals surface area contributed by atoms with Crippen molar-refractivity contribution in [3.8, 4) is 0 Å². The lowest BCUT2D eigenvalue weighted by Crippen LogP contribution is -2.47. The van der Waals surface area contributed by atoms with Crippen molar-refractivity contribution in [1.29, 1.82) is 0 Å². The molecule has 175 valence electrons. The SMILES string of the molecule is Cc1ccc(S(=O)(=O)N(CC(C)C)c2cc([N+](C)(C)C(=O)OC3=CC[CH]C=C3)ncn2)cc1. The molecule has 0 fully saturated rings. The number of carbonyl (C=O) groups is 1. The largest absolute Gasteiger partial charge is 0.527 e. The van der Waals surface area contributed by atoms with Crippen LogP contribution >= 0.6 is 0 Å². The molecule has 0 saturated carbocycles. The van der Waals surface area contributed by atoms with E-state index in [1.807, 2.05) is 39.3 Å². The van der Waals surface area contributed by atoms with Gasteiger partial charge in [-0.05, 0) is 50.0 Å². The molecular weight excluding hydrogens is 440 g/mol. The fourth-order valence-electron chi connectivity index (χ4n) is 3.14. The number of amides is 1. The van der Waals surface area contributed by atoms with Crippen molar-refractivity contribution in [3.05, 3.63) is 72.6 Å². The minimum atomic E-state index is -3.87. The Bertz CT molecular complexity index is 1170. The Labute approximate surface area is 195 Å². The molecule has 8 nitrogen and oxygen atoms in total. The maximum atomic E-state index is 13.5. The van der Waals surface area contributed by atoms with Gasteiger partial charge < -0.3 is 4.74 Å². The zero-order valence-corrected chi connectivity index (χ0v) is 20.4. The summed E-state index contributed by atoms with van der Waals surface area (Å²) in [5, 5.41) is 0. The van der Waals surface area contributed by atoms with Crippen molar-refractivity contribution in [2.45, 2.75) is 32.1 Å². The summed E-state index contributed by atoms with van der Waals surface area (Å²) < 4.78 is 33.4. The lowest BCUT2D eigenvalue weighted by atomic mass is 10.2. The van der Waals surface area contributed by atoms with Gasteiger partial charge in [0.25, 0.3) is 10.0 Å². The van der Waals surface area contributed by atoms with Gasteiger partial charge in [-0.25, -0.2) is 17.7 Å². The predicted octanol–water partition coefficient (Wildman–Crippen LogP) is 4.39. The molecule has 0 N–H and O–H groups in total. The van der Waals surface area contributed by atoms with E-state index in [1.165, 1.54) is 16.7 Å². The first-order valence-electron chi connectivity index (χ1n) is 10.7. The summed E-state index contributed by atoms with van der Waals surface area (Å²) in [6.07, 6.45) is 8.70. The number of anilines is 1. The van der Waals surface area contributed by atoms with Gasteiger partial charge in [0, 0.05) is 6.54 Å². The van der Waals surface area contributed by atoms with Crippen LogP contribution in [0.4, 0.5) is 16.4 Å². The second-order valence-electron chi connectivity index (χ2n) is 8.74. The number of ether oxygens (including phenoxy) is 1. The van der Waals surface area contributed by atoms with Gasteiger partial charge in [0.05, 0.1) is 25.1 Å². The molecule has 1 aliphatic rings. The van der Waals surface area contributed by atoms with Crippen molar-refractivity contribution < 1.29 is 17.9 Å². The van der Waals surface area contributed by atoms with Crippen molar-refractivity contribution >= 4 is 27.8 Å². The number of allylic oxidation sites excluding steroid dienone is 3. The Morgan fingerprint density at radius 2 is 1.88 bits per heavy atom. The standard InChI is InChI=1S/C24H30N4O4S/c1-18(2)16-27(33(30,31)21-13-11-19(3)12-14-21)22-15-23(26-17-25-22)28(4,5)24(29)32-20-9-7-6-8-10-20/h6-7,9-15,17-18H,8,16H2,1-5H3/q+1. The monoisotopic (exact) mass is 470 g/mol. The quantitative estimate of drug-likeness (QED) is 0.558. The van der Waals surface area contributed by atoms with Gasteiger partial charge in [0.1, 0.15) is 12.1 Å². The van der Waals surface area contributed by atoms with E-state index >= 15 is 0 Å². The van der Waals surface area contributed by atoms with E-state index in [0.717, 1.165) is 5.56 Å². The Kier molecular flexibility index (Phi) is 7.34. The van der Waals surface area contributed by atoms with Crippen molar-refractivity contribution in [1.82, 2.24) is 14.5 Å². The summed E-state index contributed by atoms with van der Waals surface area (Å²) in [4.78, 5) is 21.6. The van der Waals surface area contributed by atoms with Crippen LogP contribution in [-0.4, -0.2) is 45.1 Å². The van der Waals surface area contributed by atoms with E-state index in [9.17, 15) is 13.2 Å². The molecule has 1 heterocycles. The molecule has 0 aliphatic heterocycles. The minimum absolute atomic E-state index is 0.0398. The van der Waals surface area contributed by atoms with Gasteiger partial charge in [0.2, 0.25) is 5.82 Å². The number of nitrogens with zero attached hydrogens (tertiary/aromatic N) is 4. The zero-order valence-electron chi connectivity index (χ0n) is 19.6. The molecule has 1 amide bonds. The van der Waals surface area contributed by atoms with Crippen molar-refractivity contribution in [2.24, 2.45) is 5.92 Å². The zero-order chi connectivity index (χ0) is 24.2. The number of sulfonamides is 1. The Morgan fingerprint density at radius 3 is 2.48 bits per heavy atom. The molecule has 33 heavy (non-hydrogen) atoms. The summed E-state index contributed by atoms with van der Waals surface area (Å²) in [5.74, 6) is 1.01. The van der Waals surface area contributed by atoms with E-state index in [2.05, 4.69) is 9.97 Å². The maximum Gasteiger partial charge on any atom is 0.527 e. The highest BCUT2D eigenvalue weighted by Gasteiger charge is 2.36. The highest BCUT2D eigenvalue weighted by atomic mass is 32.2. The van der Waals surface area contributed by atoms with E-state index in [-0.39, 0.29) is 27.7 Å². The van der Waals surface area contributed by atoms with E-state index in [0.29, 0.717) is 18.0 Å². The van der Waals surface area contributed by atoms with Gasteiger partial charge in [-0.3, -0.25) is 0 Å².